The van der Waals surface area contributed by atoms with Crippen LogP contribution in [0, 0.1) is 3.70 Å². The van der Waals surface area contributed by atoms with E-state index in [9.17, 15) is 4.79 Å². The van der Waals surface area contributed by atoms with E-state index in [0.717, 1.165) is 3.70 Å². The maximum absolute atomic E-state index is 11.5. The molecule has 74 valence electrons. The molecule has 0 saturated carbocycles. The maximum Gasteiger partial charge on any atom is 0.188 e. The number of allylic oxidation sites excluding steroid dienone is 1. The highest BCUT2D eigenvalue weighted by atomic mass is 127. The Balaban J connectivity index is 2.75. The normalized spacial score (nSPS) is 10.5. The molecule has 0 spiro atoms. The minimum atomic E-state index is -0.0254. The number of rotatable bonds is 3. The summed E-state index contributed by atoms with van der Waals surface area (Å²) in [4.78, 5) is 17.4. The highest BCUT2D eigenvalue weighted by Crippen LogP contribution is 2.04. The highest BCUT2D eigenvalue weighted by Gasteiger charge is 2.01. The largest absolute Gasteiger partial charge is 0.383 e. The fraction of sp³-hybridized carbons (Fsp3) is 0.200. The molecule has 0 N–H and O–H groups in total. The number of aromatic nitrogens is 1. The average molecular weight is 302 g/mol. The van der Waals surface area contributed by atoms with Crippen LogP contribution in [0.5, 0.6) is 0 Å². The molecule has 0 saturated heterocycles. The number of carbonyl (C=O) groups is 1. The Hall–Kier alpha value is -0.910. The molecular weight excluding hydrogens is 291 g/mol. The molecule has 0 fully saturated rings. The van der Waals surface area contributed by atoms with Crippen molar-refractivity contribution in [2.75, 3.05) is 14.1 Å². The van der Waals surface area contributed by atoms with Gasteiger partial charge < -0.3 is 4.90 Å². The molecular formula is C10H11IN2O. The molecule has 0 bridgehead atoms. The van der Waals surface area contributed by atoms with Crippen LogP contribution in [0.25, 0.3) is 0 Å². The summed E-state index contributed by atoms with van der Waals surface area (Å²) in [6.45, 7) is 0. The second kappa shape index (κ2) is 5.09. The van der Waals surface area contributed by atoms with Gasteiger partial charge in [-0.2, -0.15) is 0 Å². The summed E-state index contributed by atoms with van der Waals surface area (Å²) in [6.07, 6.45) is 4.84. The summed E-state index contributed by atoms with van der Waals surface area (Å²) in [5, 5.41) is 0. The molecule has 0 unspecified atom stereocenters. The third-order valence-corrected chi connectivity index (χ3v) is 2.17. The van der Waals surface area contributed by atoms with Crippen molar-refractivity contribution in [2.45, 2.75) is 0 Å². The number of ketones is 1. The van der Waals surface area contributed by atoms with Gasteiger partial charge in [-0.15, -0.1) is 0 Å². The predicted octanol–water partition coefficient (Wildman–Crippen LogP) is 1.94. The van der Waals surface area contributed by atoms with Gasteiger partial charge in [0.05, 0.1) is 0 Å². The third-order valence-electron chi connectivity index (χ3n) is 1.54. The van der Waals surface area contributed by atoms with Gasteiger partial charge in [0.15, 0.2) is 5.78 Å². The van der Waals surface area contributed by atoms with Gasteiger partial charge >= 0.3 is 0 Å². The van der Waals surface area contributed by atoms with Crippen molar-refractivity contribution in [2.24, 2.45) is 0 Å². The van der Waals surface area contributed by atoms with Gasteiger partial charge in [-0.25, -0.2) is 4.98 Å². The van der Waals surface area contributed by atoms with E-state index in [1.165, 1.54) is 6.08 Å². The van der Waals surface area contributed by atoms with E-state index in [1.54, 1.807) is 18.5 Å². The van der Waals surface area contributed by atoms with E-state index >= 15 is 0 Å². The topological polar surface area (TPSA) is 33.2 Å². The van der Waals surface area contributed by atoms with Gasteiger partial charge in [-0.1, -0.05) is 0 Å². The molecule has 0 aliphatic carbocycles. The molecule has 1 rings (SSSR count). The lowest BCUT2D eigenvalue weighted by molar-refractivity contribution is 0.104. The fourth-order valence-electron chi connectivity index (χ4n) is 0.835. The molecule has 4 heteroatoms. The van der Waals surface area contributed by atoms with Gasteiger partial charge in [0, 0.05) is 38.1 Å². The van der Waals surface area contributed by atoms with E-state index in [4.69, 9.17) is 0 Å². The zero-order valence-corrected chi connectivity index (χ0v) is 10.2. The minimum absolute atomic E-state index is 0.0254. The summed E-state index contributed by atoms with van der Waals surface area (Å²) in [7, 11) is 3.74. The molecule has 14 heavy (non-hydrogen) atoms. The number of hydrogen-bond donors (Lipinski definition) is 0. The Morgan fingerprint density at radius 2 is 2.21 bits per heavy atom. The van der Waals surface area contributed by atoms with Crippen LogP contribution in [0.2, 0.25) is 0 Å². The van der Waals surface area contributed by atoms with Crippen molar-refractivity contribution in [3.8, 4) is 0 Å². The van der Waals surface area contributed by atoms with Crippen molar-refractivity contribution in [3.05, 3.63) is 39.9 Å². The van der Waals surface area contributed by atoms with Crippen molar-refractivity contribution < 1.29 is 4.79 Å². The lowest BCUT2D eigenvalue weighted by Crippen LogP contribution is -2.03. The van der Waals surface area contributed by atoms with Crippen molar-refractivity contribution in [1.29, 1.82) is 0 Å². The summed E-state index contributed by atoms with van der Waals surface area (Å²) in [5.74, 6) is -0.0254. The Bertz CT molecular complexity index is 344. The smallest absolute Gasteiger partial charge is 0.188 e. The average Bonchev–Trinajstić information content (AvgIpc) is 2.15. The van der Waals surface area contributed by atoms with E-state index in [1.807, 2.05) is 25.1 Å². The van der Waals surface area contributed by atoms with Crippen LogP contribution in [0.1, 0.15) is 10.4 Å². The molecule has 0 aromatic carbocycles. The first-order chi connectivity index (χ1) is 6.59. The first-order valence-corrected chi connectivity index (χ1v) is 5.18. The molecule has 0 atom stereocenters. The summed E-state index contributed by atoms with van der Waals surface area (Å²) >= 11 is 2.10. The van der Waals surface area contributed by atoms with Crippen LogP contribution in [-0.4, -0.2) is 29.8 Å². The fourth-order valence-corrected chi connectivity index (χ4v) is 1.15. The maximum atomic E-state index is 11.5. The van der Waals surface area contributed by atoms with Gasteiger partial charge in [0.1, 0.15) is 3.70 Å². The van der Waals surface area contributed by atoms with Crippen LogP contribution in [0.4, 0.5) is 0 Å². The number of pyridine rings is 1. The van der Waals surface area contributed by atoms with Gasteiger partial charge in [0.25, 0.3) is 0 Å². The zero-order valence-electron chi connectivity index (χ0n) is 8.07. The highest BCUT2D eigenvalue weighted by molar-refractivity contribution is 14.1. The SMILES string of the molecule is CN(C)C=CC(=O)c1ccc(I)nc1. The molecule has 0 radical (unpaired) electrons. The predicted molar refractivity (Wildman–Crippen MR) is 64.1 cm³/mol. The molecule has 1 aromatic heterocycles. The van der Waals surface area contributed by atoms with E-state index in [2.05, 4.69) is 27.6 Å². The molecule has 0 amide bonds. The van der Waals surface area contributed by atoms with Crippen LogP contribution < -0.4 is 0 Å². The van der Waals surface area contributed by atoms with Gasteiger partial charge in [-0.05, 0) is 34.7 Å². The summed E-state index contributed by atoms with van der Waals surface area (Å²) in [5.41, 5.74) is 0.614. The van der Waals surface area contributed by atoms with Gasteiger partial charge in [-0.3, -0.25) is 4.79 Å². The molecule has 0 aliphatic heterocycles. The summed E-state index contributed by atoms with van der Waals surface area (Å²) in [6, 6.07) is 3.59. The lowest BCUT2D eigenvalue weighted by atomic mass is 10.2. The van der Waals surface area contributed by atoms with E-state index in [-0.39, 0.29) is 5.78 Å². The molecule has 1 aromatic rings. The Kier molecular flexibility index (Phi) is 4.06. The lowest BCUT2D eigenvalue weighted by Gasteiger charge is -2.02. The Labute approximate surface area is 97.0 Å². The molecule has 1 heterocycles. The van der Waals surface area contributed by atoms with Gasteiger partial charge in [0.2, 0.25) is 0 Å². The third kappa shape index (κ3) is 3.45. The minimum Gasteiger partial charge on any atom is -0.383 e. The first kappa shape index (κ1) is 11.2. The van der Waals surface area contributed by atoms with Crippen LogP contribution in [-0.2, 0) is 0 Å². The second-order valence-corrected chi connectivity index (χ2v) is 4.12. The second-order valence-electron chi connectivity index (χ2n) is 3.01. The Morgan fingerprint density at radius 1 is 1.50 bits per heavy atom. The van der Waals surface area contributed by atoms with Crippen molar-refractivity contribution in [1.82, 2.24) is 9.88 Å². The zero-order chi connectivity index (χ0) is 10.6. The quantitative estimate of drug-likeness (QED) is 0.370. The van der Waals surface area contributed by atoms with Crippen LogP contribution >= 0.6 is 22.6 Å². The molecule has 0 aliphatic rings. The summed E-state index contributed by atoms with van der Waals surface area (Å²) < 4.78 is 0.885. The van der Waals surface area contributed by atoms with E-state index in [0.29, 0.717) is 5.56 Å². The number of nitrogens with zero attached hydrogens (tertiary/aromatic N) is 2. The van der Waals surface area contributed by atoms with Crippen molar-refractivity contribution >= 4 is 28.4 Å². The standard InChI is InChI=1S/C10H11IN2O/c1-13(2)6-5-9(14)8-3-4-10(11)12-7-8/h3-7H,1-2H3. The number of carbonyl (C=O) groups excluding carboxylic acids is 1. The Morgan fingerprint density at radius 3 is 2.71 bits per heavy atom. The monoisotopic (exact) mass is 302 g/mol. The number of halogens is 1. The molecule has 3 nitrogen and oxygen atoms in total. The van der Waals surface area contributed by atoms with E-state index < -0.39 is 0 Å². The van der Waals surface area contributed by atoms with Crippen LogP contribution in [0.15, 0.2) is 30.6 Å². The number of hydrogen-bond acceptors (Lipinski definition) is 3. The van der Waals surface area contributed by atoms with Crippen LogP contribution in [0.3, 0.4) is 0 Å². The first-order valence-electron chi connectivity index (χ1n) is 4.10. The van der Waals surface area contributed by atoms with Crippen molar-refractivity contribution in [3.63, 3.8) is 0 Å².